The lowest BCUT2D eigenvalue weighted by atomic mass is 9.97. The highest BCUT2D eigenvalue weighted by molar-refractivity contribution is 5.96. The van der Waals surface area contributed by atoms with Crippen molar-refractivity contribution in [1.29, 1.82) is 0 Å². The molecule has 0 radical (unpaired) electrons. The van der Waals surface area contributed by atoms with E-state index in [1.807, 2.05) is 62.4 Å². The summed E-state index contributed by atoms with van der Waals surface area (Å²) in [5, 5.41) is 10.5. The number of aryl methyl sites for hydroxylation is 1. The van der Waals surface area contributed by atoms with E-state index >= 15 is 0 Å². The van der Waals surface area contributed by atoms with E-state index < -0.39 is 6.10 Å². The van der Waals surface area contributed by atoms with Crippen LogP contribution in [0.4, 0.5) is 0 Å². The van der Waals surface area contributed by atoms with E-state index in [9.17, 15) is 5.11 Å². The molecule has 0 amide bonds. The molecule has 0 bridgehead atoms. The van der Waals surface area contributed by atoms with E-state index in [4.69, 9.17) is 4.74 Å². The third-order valence-electron chi connectivity index (χ3n) is 3.92. The highest BCUT2D eigenvalue weighted by Gasteiger charge is 2.20. The van der Waals surface area contributed by atoms with Crippen molar-refractivity contribution in [2.75, 3.05) is 6.61 Å². The summed E-state index contributed by atoms with van der Waals surface area (Å²) in [5.41, 5.74) is 4.17. The van der Waals surface area contributed by atoms with Gasteiger partial charge in [0.1, 0.15) is 6.61 Å². The first-order valence-electron chi connectivity index (χ1n) is 7.67. The molecule has 3 rings (SSSR count). The largest absolute Gasteiger partial charge is 0.475 e. The van der Waals surface area contributed by atoms with Gasteiger partial charge in [-0.05, 0) is 31.0 Å². The average Bonchev–Trinajstić information content (AvgIpc) is 2.95. The minimum atomic E-state index is -0.527. The molecule has 2 aromatic rings. The van der Waals surface area contributed by atoms with Gasteiger partial charge in [-0.2, -0.15) is 0 Å². The van der Waals surface area contributed by atoms with Gasteiger partial charge in [-0.25, -0.2) is 4.99 Å². The van der Waals surface area contributed by atoms with Gasteiger partial charge in [0.05, 0.1) is 12.1 Å². The Labute approximate surface area is 131 Å². The topological polar surface area (TPSA) is 41.8 Å². The van der Waals surface area contributed by atoms with E-state index in [2.05, 4.69) is 4.99 Å². The Morgan fingerprint density at radius 3 is 2.59 bits per heavy atom. The Balaban J connectivity index is 1.83. The fourth-order valence-electron chi connectivity index (χ4n) is 2.64. The molecule has 3 heteroatoms. The lowest BCUT2D eigenvalue weighted by Gasteiger charge is -2.14. The van der Waals surface area contributed by atoms with E-state index in [1.165, 1.54) is 5.56 Å². The third-order valence-corrected chi connectivity index (χ3v) is 3.92. The molecule has 0 spiro atoms. The zero-order valence-corrected chi connectivity index (χ0v) is 13.0. The molecular weight excluding hydrogens is 274 g/mol. The smallest absolute Gasteiger partial charge is 0.216 e. The van der Waals surface area contributed by atoms with Crippen molar-refractivity contribution in [1.82, 2.24) is 0 Å². The van der Waals surface area contributed by atoms with Crippen molar-refractivity contribution >= 4 is 5.90 Å². The van der Waals surface area contributed by atoms with Crippen LogP contribution in [-0.4, -0.2) is 23.7 Å². The molecule has 0 fully saturated rings. The van der Waals surface area contributed by atoms with Gasteiger partial charge in [0.15, 0.2) is 0 Å². The maximum absolute atomic E-state index is 10.5. The molecule has 1 N–H and O–H groups in total. The predicted octanol–water partition coefficient (Wildman–Crippen LogP) is 3.44. The summed E-state index contributed by atoms with van der Waals surface area (Å²) in [6.07, 6.45) is 0.0249. The van der Waals surface area contributed by atoms with Gasteiger partial charge < -0.3 is 9.84 Å². The van der Waals surface area contributed by atoms with Crippen LogP contribution in [0, 0.1) is 6.92 Å². The number of aliphatic imine (C=N–C) groups is 1. The lowest BCUT2D eigenvalue weighted by molar-refractivity contribution is 0.178. The molecule has 2 aromatic carbocycles. The highest BCUT2D eigenvalue weighted by Crippen LogP contribution is 2.23. The van der Waals surface area contributed by atoms with Gasteiger partial charge >= 0.3 is 0 Å². The Hall–Kier alpha value is -2.13. The van der Waals surface area contributed by atoms with Crippen LogP contribution in [0.2, 0.25) is 0 Å². The van der Waals surface area contributed by atoms with Crippen molar-refractivity contribution in [3.8, 4) is 0 Å². The number of aliphatic hydroxyl groups is 1. The summed E-state index contributed by atoms with van der Waals surface area (Å²) in [5.74, 6) is 0.694. The van der Waals surface area contributed by atoms with E-state index in [0.29, 0.717) is 18.9 Å². The second kappa shape index (κ2) is 6.32. The summed E-state index contributed by atoms with van der Waals surface area (Å²) < 4.78 is 5.66. The zero-order chi connectivity index (χ0) is 15.5. The van der Waals surface area contributed by atoms with Crippen molar-refractivity contribution in [2.24, 2.45) is 4.99 Å². The Bertz CT molecular complexity index is 676. The molecule has 1 aliphatic rings. The number of hydrogen-bond donors (Lipinski definition) is 1. The standard InChI is InChI=1S/C19H21NO2/c1-13-7-9-15(10-8-13)18(21)11-16-5-3-4-6-17(16)19-20-14(2)12-22-19/h3-10,14,18,21H,11-12H2,1-2H3/t14-,18+/m0/s1. The Kier molecular flexibility index (Phi) is 4.25. The first-order valence-corrected chi connectivity index (χ1v) is 7.67. The van der Waals surface area contributed by atoms with Crippen LogP contribution in [0.25, 0.3) is 0 Å². The molecule has 114 valence electrons. The summed E-state index contributed by atoms with van der Waals surface area (Å²) in [6.45, 7) is 4.71. The number of rotatable bonds is 4. The number of aliphatic hydroxyl groups excluding tert-OH is 1. The molecule has 3 nitrogen and oxygen atoms in total. The minimum absolute atomic E-state index is 0.199. The van der Waals surface area contributed by atoms with Gasteiger partial charge in [-0.1, -0.05) is 48.0 Å². The van der Waals surface area contributed by atoms with Crippen molar-refractivity contribution in [3.63, 3.8) is 0 Å². The summed E-state index contributed by atoms with van der Waals surface area (Å²) >= 11 is 0. The van der Waals surface area contributed by atoms with Crippen molar-refractivity contribution in [2.45, 2.75) is 32.4 Å². The fourth-order valence-corrected chi connectivity index (χ4v) is 2.64. The molecule has 2 atom stereocenters. The number of ether oxygens (including phenoxy) is 1. The monoisotopic (exact) mass is 295 g/mol. The molecule has 0 saturated carbocycles. The summed E-state index contributed by atoms with van der Waals surface area (Å²) in [4.78, 5) is 4.52. The van der Waals surface area contributed by atoms with Gasteiger partial charge in [0.25, 0.3) is 0 Å². The lowest BCUT2D eigenvalue weighted by Crippen LogP contribution is -2.09. The molecule has 0 unspecified atom stereocenters. The quantitative estimate of drug-likeness (QED) is 0.939. The van der Waals surface area contributed by atoms with E-state index in [0.717, 1.165) is 16.7 Å². The van der Waals surface area contributed by atoms with Crippen LogP contribution in [0.15, 0.2) is 53.5 Å². The van der Waals surface area contributed by atoms with Gasteiger partial charge in [-0.3, -0.25) is 0 Å². The highest BCUT2D eigenvalue weighted by atomic mass is 16.5. The number of benzene rings is 2. The first kappa shape index (κ1) is 14.8. The van der Waals surface area contributed by atoms with Crippen LogP contribution < -0.4 is 0 Å². The average molecular weight is 295 g/mol. The third kappa shape index (κ3) is 3.20. The molecule has 22 heavy (non-hydrogen) atoms. The normalized spacial score (nSPS) is 18.7. The minimum Gasteiger partial charge on any atom is -0.475 e. The molecule has 0 aliphatic carbocycles. The van der Waals surface area contributed by atoms with Crippen molar-refractivity contribution < 1.29 is 9.84 Å². The maximum atomic E-state index is 10.5. The van der Waals surface area contributed by atoms with Gasteiger partial charge in [-0.15, -0.1) is 0 Å². The zero-order valence-electron chi connectivity index (χ0n) is 13.0. The van der Waals surface area contributed by atoms with Crippen LogP contribution in [-0.2, 0) is 11.2 Å². The molecular formula is C19H21NO2. The van der Waals surface area contributed by atoms with Crippen molar-refractivity contribution in [3.05, 3.63) is 70.8 Å². The summed E-state index contributed by atoms with van der Waals surface area (Å²) in [7, 11) is 0. The van der Waals surface area contributed by atoms with E-state index in [-0.39, 0.29) is 6.04 Å². The SMILES string of the molecule is Cc1ccc([C@H](O)Cc2ccccc2C2=N[C@@H](C)CO2)cc1. The number of nitrogens with zero attached hydrogens (tertiary/aromatic N) is 1. The molecule has 1 aliphatic heterocycles. The van der Waals surface area contributed by atoms with Gasteiger partial charge in [0.2, 0.25) is 5.90 Å². The Morgan fingerprint density at radius 1 is 1.18 bits per heavy atom. The second-order valence-electron chi connectivity index (χ2n) is 5.88. The van der Waals surface area contributed by atoms with Crippen LogP contribution >= 0.6 is 0 Å². The van der Waals surface area contributed by atoms with Crippen LogP contribution in [0.1, 0.15) is 35.3 Å². The van der Waals surface area contributed by atoms with E-state index in [1.54, 1.807) is 0 Å². The fraction of sp³-hybridized carbons (Fsp3) is 0.316. The Morgan fingerprint density at radius 2 is 1.91 bits per heavy atom. The molecule has 1 heterocycles. The number of hydrogen-bond acceptors (Lipinski definition) is 3. The second-order valence-corrected chi connectivity index (χ2v) is 5.88. The predicted molar refractivity (Wildman–Crippen MR) is 88.2 cm³/mol. The first-order chi connectivity index (χ1) is 10.6. The van der Waals surface area contributed by atoms with Crippen LogP contribution in [0.3, 0.4) is 0 Å². The molecule has 0 aromatic heterocycles. The maximum Gasteiger partial charge on any atom is 0.216 e. The summed E-state index contributed by atoms with van der Waals surface area (Å²) in [6, 6.07) is 16.2. The van der Waals surface area contributed by atoms with Gasteiger partial charge in [0, 0.05) is 12.0 Å². The van der Waals surface area contributed by atoms with Crippen LogP contribution in [0.5, 0.6) is 0 Å². The molecule has 0 saturated heterocycles.